The Hall–Kier alpha value is -3.22. The van der Waals surface area contributed by atoms with Crippen LogP contribution in [0.15, 0.2) is 45.6 Å². The third-order valence-electron chi connectivity index (χ3n) is 4.93. The molecule has 5 nitrogen and oxygen atoms in total. The predicted octanol–water partition coefficient (Wildman–Crippen LogP) is 3.98. The van der Waals surface area contributed by atoms with Gasteiger partial charge in [-0.05, 0) is 37.1 Å². The highest BCUT2D eigenvalue weighted by molar-refractivity contribution is 5.82. The number of hydrogen-bond acceptors (Lipinski definition) is 4. The number of hydrogen-bond donors (Lipinski definition) is 0. The normalized spacial score (nSPS) is 10.9. The summed E-state index contributed by atoms with van der Waals surface area (Å²) in [6.45, 7) is 1.82. The lowest BCUT2D eigenvalue weighted by Crippen LogP contribution is -2.27. The summed E-state index contributed by atoms with van der Waals surface area (Å²) in [6.07, 6.45) is 0.262. The second-order valence-corrected chi connectivity index (χ2v) is 6.84. The fourth-order valence-corrected chi connectivity index (χ4v) is 3.21. The highest BCUT2D eigenvalue weighted by atomic mass is 19.1. The molecule has 1 aromatic heterocycles. The molecule has 152 valence electrons. The zero-order valence-electron chi connectivity index (χ0n) is 16.4. The summed E-state index contributed by atoms with van der Waals surface area (Å²) < 4.78 is 37.3. The van der Waals surface area contributed by atoms with Crippen molar-refractivity contribution in [3.05, 3.63) is 75.1 Å². The molecular formula is C22H21F2NO4. The summed E-state index contributed by atoms with van der Waals surface area (Å²) in [5, 5.41) is 0.773. The molecule has 0 aliphatic heterocycles. The van der Waals surface area contributed by atoms with Crippen LogP contribution in [0.1, 0.15) is 23.1 Å². The van der Waals surface area contributed by atoms with Crippen molar-refractivity contribution < 1.29 is 22.7 Å². The molecule has 0 aliphatic carbocycles. The lowest BCUT2D eigenvalue weighted by atomic mass is 10.0. The van der Waals surface area contributed by atoms with Gasteiger partial charge in [0, 0.05) is 48.7 Å². The number of carbonyl (C=O) groups is 1. The van der Waals surface area contributed by atoms with E-state index in [2.05, 4.69) is 0 Å². The summed E-state index contributed by atoms with van der Waals surface area (Å²) in [5.74, 6) is -1.05. The van der Waals surface area contributed by atoms with Crippen molar-refractivity contribution in [2.24, 2.45) is 0 Å². The summed E-state index contributed by atoms with van der Waals surface area (Å²) in [4.78, 5) is 26.2. The average Bonchev–Trinajstić information content (AvgIpc) is 2.69. The molecule has 0 saturated carbocycles. The SMILES string of the molecule is COc1ccc2c(C)c(CCC(=O)N(C)Cc3ccc(F)cc3F)c(=O)oc2c1. The van der Waals surface area contributed by atoms with E-state index in [1.807, 2.05) is 6.92 Å². The van der Waals surface area contributed by atoms with Crippen molar-refractivity contribution in [3.63, 3.8) is 0 Å². The van der Waals surface area contributed by atoms with Crippen LogP contribution in [0.5, 0.6) is 5.75 Å². The molecule has 3 aromatic rings. The van der Waals surface area contributed by atoms with Gasteiger partial charge in [-0.15, -0.1) is 0 Å². The van der Waals surface area contributed by atoms with Gasteiger partial charge >= 0.3 is 5.63 Å². The molecule has 29 heavy (non-hydrogen) atoms. The molecule has 0 saturated heterocycles. The van der Waals surface area contributed by atoms with Crippen molar-refractivity contribution >= 4 is 16.9 Å². The van der Waals surface area contributed by atoms with E-state index >= 15 is 0 Å². The Kier molecular flexibility index (Phi) is 5.96. The molecule has 0 N–H and O–H groups in total. The number of nitrogens with zero attached hydrogens (tertiary/aromatic N) is 1. The summed E-state index contributed by atoms with van der Waals surface area (Å²) in [7, 11) is 3.06. The van der Waals surface area contributed by atoms with E-state index in [1.165, 1.54) is 25.1 Å². The van der Waals surface area contributed by atoms with Crippen molar-refractivity contribution in [3.8, 4) is 5.75 Å². The molecule has 1 heterocycles. The van der Waals surface area contributed by atoms with Crippen LogP contribution in [0.3, 0.4) is 0 Å². The van der Waals surface area contributed by atoms with E-state index < -0.39 is 17.3 Å². The Morgan fingerprint density at radius 2 is 1.93 bits per heavy atom. The minimum Gasteiger partial charge on any atom is -0.497 e. The summed E-state index contributed by atoms with van der Waals surface area (Å²) in [6, 6.07) is 8.46. The molecule has 1 amide bonds. The summed E-state index contributed by atoms with van der Waals surface area (Å²) in [5.41, 5.74) is 1.32. The largest absolute Gasteiger partial charge is 0.497 e. The van der Waals surface area contributed by atoms with Gasteiger partial charge < -0.3 is 14.1 Å². The number of amides is 1. The van der Waals surface area contributed by atoms with Crippen molar-refractivity contribution in [2.75, 3.05) is 14.2 Å². The smallest absolute Gasteiger partial charge is 0.339 e. The van der Waals surface area contributed by atoms with E-state index in [1.54, 1.807) is 18.2 Å². The van der Waals surface area contributed by atoms with Crippen molar-refractivity contribution in [2.45, 2.75) is 26.3 Å². The van der Waals surface area contributed by atoms with Gasteiger partial charge in [-0.25, -0.2) is 13.6 Å². The maximum atomic E-state index is 13.8. The lowest BCUT2D eigenvalue weighted by molar-refractivity contribution is -0.130. The third-order valence-corrected chi connectivity index (χ3v) is 4.93. The van der Waals surface area contributed by atoms with Gasteiger partial charge in [0.15, 0.2) is 0 Å². The zero-order valence-corrected chi connectivity index (χ0v) is 16.4. The minimum absolute atomic E-state index is 0.00997. The van der Waals surface area contributed by atoms with Crippen LogP contribution >= 0.6 is 0 Å². The van der Waals surface area contributed by atoms with Gasteiger partial charge in [0.05, 0.1) is 7.11 Å². The van der Waals surface area contributed by atoms with Crippen LogP contribution in [0.4, 0.5) is 8.78 Å². The topological polar surface area (TPSA) is 59.8 Å². The van der Waals surface area contributed by atoms with Crippen LogP contribution in [0.25, 0.3) is 11.0 Å². The number of carbonyl (C=O) groups excluding carboxylic acids is 1. The van der Waals surface area contributed by atoms with Gasteiger partial charge in [0.2, 0.25) is 5.91 Å². The highest BCUT2D eigenvalue weighted by Crippen LogP contribution is 2.24. The first-order chi connectivity index (χ1) is 13.8. The average molecular weight is 401 g/mol. The third kappa shape index (κ3) is 4.45. The first-order valence-corrected chi connectivity index (χ1v) is 9.08. The minimum atomic E-state index is -0.703. The Balaban J connectivity index is 1.74. The molecule has 0 unspecified atom stereocenters. The Morgan fingerprint density at radius 1 is 1.17 bits per heavy atom. The molecule has 0 fully saturated rings. The number of methoxy groups -OCH3 is 1. The van der Waals surface area contributed by atoms with Gasteiger partial charge in [0.25, 0.3) is 0 Å². The molecule has 0 atom stereocenters. The molecule has 0 spiro atoms. The van der Waals surface area contributed by atoms with Gasteiger partial charge in [-0.3, -0.25) is 4.79 Å². The Bertz CT molecular complexity index is 1120. The van der Waals surface area contributed by atoms with Gasteiger partial charge in [0.1, 0.15) is 23.0 Å². The molecule has 7 heteroatoms. The highest BCUT2D eigenvalue weighted by Gasteiger charge is 2.16. The van der Waals surface area contributed by atoms with Crippen LogP contribution in [0, 0.1) is 18.6 Å². The Morgan fingerprint density at radius 3 is 2.62 bits per heavy atom. The maximum Gasteiger partial charge on any atom is 0.339 e. The van der Waals surface area contributed by atoms with E-state index in [9.17, 15) is 18.4 Å². The van der Waals surface area contributed by atoms with Crippen LogP contribution in [-0.2, 0) is 17.8 Å². The first-order valence-electron chi connectivity index (χ1n) is 9.08. The van der Waals surface area contributed by atoms with Crippen LogP contribution in [0.2, 0.25) is 0 Å². The maximum absolute atomic E-state index is 13.8. The first kappa shape index (κ1) is 20.5. The molecule has 3 rings (SSSR count). The van der Waals surface area contributed by atoms with Gasteiger partial charge in [-0.2, -0.15) is 0 Å². The molecule has 0 aliphatic rings. The fraction of sp³-hybridized carbons (Fsp3) is 0.273. The predicted molar refractivity (Wildman–Crippen MR) is 105 cm³/mol. The molecule has 2 aromatic carbocycles. The van der Waals surface area contributed by atoms with Gasteiger partial charge in [-0.1, -0.05) is 6.07 Å². The monoisotopic (exact) mass is 401 g/mol. The molecule has 0 bridgehead atoms. The zero-order chi connectivity index (χ0) is 21.1. The molecular weight excluding hydrogens is 380 g/mol. The van der Waals surface area contributed by atoms with Crippen molar-refractivity contribution in [1.82, 2.24) is 4.90 Å². The lowest BCUT2D eigenvalue weighted by Gasteiger charge is -2.18. The quantitative estimate of drug-likeness (QED) is 0.587. The number of rotatable bonds is 6. The Labute approximate surface area is 166 Å². The standard InChI is InChI=1S/C22H21F2NO4/c1-13-17-7-6-16(28-3)11-20(17)29-22(27)18(13)8-9-21(26)25(2)12-14-4-5-15(23)10-19(14)24/h4-7,10-11H,8-9,12H2,1-3H3. The van der Waals surface area contributed by atoms with Crippen molar-refractivity contribution in [1.29, 1.82) is 0 Å². The summed E-state index contributed by atoms with van der Waals surface area (Å²) >= 11 is 0. The van der Waals surface area contributed by atoms with E-state index in [-0.39, 0.29) is 30.9 Å². The number of aryl methyl sites for hydroxylation is 1. The second kappa shape index (κ2) is 8.43. The number of halogens is 2. The van der Waals surface area contributed by atoms with Crippen LogP contribution in [-0.4, -0.2) is 25.0 Å². The second-order valence-electron chi connectivity index (χ2n) is 6.84. The van der Waals surface area contributed by atoms with E-state index in [0.717, 1.165) is 23.1 Å². The fourth-order valence-electron chi connectivity index (χ4n) is 3.21. The van der Waals surface area contributed by atoms with Crippen LogP contribution < -0.4 is 10.4 Å². The number of fused-ring (bicyclic) bond motifs is 1. The van der Waals surface area contributed by atoms with E-state index in [4.69, 9.17) is 9.15 Å². The molecule has 0 radical (unpaired) electrons. The van der Waals surface area contributed by atoms with E-state index in [0.29, 0.717) is 16.9 Å². The number of ether oxygens (including phenoxy) is 1. The number of benzene rings is 2.